The number of hydrogen-bond donors (Lipinski definition) is 2. The second-order valence-corrected chi connectivity index (χ2v) is 26.7. The molecule has 20 heteroatoms. The van der Waals surface area contributed by atoms with Gasteiger partial charge >= 0.3 is 47.8 Å². The Bertz CT molecular complexity index is 3330. The van der Waals surface area contributed by atoms with Crippen LogP contribution in [0.25, 0.3) is 44.4 Å². The quantitative estimate of drug-likeness (QED) is 0.0334. The third-order valence-electron chi connectivity index (χ3n) is 19.8. The summed E-state index contributed by atoms with van der Waals surface area (Å²) >= 11 is 0. The van der Waals surface area contributed by atoms with Crippen LogP contribution in [0.4, 0.5) is 0 Å². The Kier molecular flexibility index (Phi) is 26.5. The summed E-state index contributed by atoms with van der Waals surface area (Å²) in [4.78, 5) is 135. The highest BCUT2D eigenvalue weighted by Crippen LogP contribution is 2.51. The lowest BCUT2D eigenvalue weighted by atomic mass is 9.74. The maximum Gasteiger partial charge on any atom is 0.310 e. The number of rotatable bonds is 32. The van der Waals surface area contributed by atoms with Gasteiger partial charge in [0.15, 0.2) is 0 Å². The van der Waals surface area contributed by atoms with E-state index >= 15 is 0 Å². The molecule has 0 spiro atoms. The highest BCUT2D eigenvalue weighted by atomic mass is 16.6. The summed E-state index contributed by atoms with van der Waals surface area (Å²) in [5.41, 5.74) is 9.95. The first kappa shape index (κ1) is 72.6. The summed E-state index contributed by atoms with van der Waals surface area (Å²) < 4.78 is 47.6. The fourth-order valence-electron chi connectivity index (χ4n) is 14.0. The van der Waals surface area contributed by atoms with E-state index in [1.54, 1.807) is 0 Å². The van der Waals surface area contributed by atoms with E-state index in [0.29, 0.717) is 119 Å². The molecule has 0 fully saturated rings. The molecule has 0 aromatic carbocycles. The third-order valence-corrected chi connectivity index (χ3v) is 19.8. The van der Waals surface area contributed by atoms with Gasteiger partial charge in [-0.1, -0.05) is 107 Å². The Morgan fingerprint density at radius 2 is 0.458 bits per heavy atom. The number of esters is 8. The third kappa shape index (κ3) is 17.0. The molecular formula is C76H102N4O16. The molecule has 0 radical (unpaired) electrons. The van der Waals surface area contributed by atoms with Gasteiger partial charge in [0, 0.05) is 22.1 Å². The zero-order valence-corrected chi connectivity index (χ0v) is 58.0. The Morgan fingerprint density at radius 3 is 0.656 bits per heavy atom. The molecule has 20 nitrogen and oxygen atoms in total. The van der Waals surface area contributed by atoms with Crippen LogP contribution < -0.4 is 0 Å². The van der Waals surface area contributed by atoms with E-state index in [-0.39, 0.29) is 104 Å². The smallest absolute Gasteiger partial charge is 0.310 e. The van der Waals surface area contributed by atoms with Gasteiger partial charge in [0.1, 0.15) is 0 Å². The number of hydrogen-bond acceptors (Lipinski definition) is 18. The predicted octanol–water partition coefficient (Wildman–Crippen LogP) is 13.6. The first-order valence-corrected chi connectivity index (χ1v) is 36.2. The van der Waals surface area contributed by atoms with E-state index in [1.807, 2.05) is 79.7 Å². The first-order chi connectivity index (χ1) is 46.6. The number of aromatic amines is 2. The highest BCUT2D eigenvalue weighted by Gasteiger charge is 2.48. The van der Waals surface area contributed by atoms with Crippen molar-refractivity contribution in [3.8, 4) is 0 Å². The lowest BCUT2D eigenvalue weighted by Crippen LogP contribution is -2.38. The summed E-state index contributed by atoms with van der Waals surface area (Å²) in [6, 6.07) is 7.64. The molecule has 3 aromatic heterocycles. The van der Waals surface area contributed by atoms with Crippen LogP contribution in [0.5, 0.6) is 0 Å². The summed E-state index contributed by atoms with van der Waals surface area (Å²) in [5.74, 6) is -11.6. The van der Waals surface area contributed by atoms with E-state index in [4.69, 9.17) is 47.9 Å². The SMILES string of the molecule is CCCCOC(=O)C1CC2=C(CC1C(=O)OCCCC)c1cc3[nH]c(cc4[nH]c(cc5nc(cc2n1)C1=C5CC(C(=O)OCCCC)C(C(=O)OCCCC)C1)c1c4CC(C(=O)OCCCC)C(C(=O)OCCCC)C1)c1c3CC(C(=O)OCCCC)C(C(=O)OCCCC)C1. The minimum absolute atomic E-state index is 0.0576. The van der Waals surface area contributed by atoms with Gasteiger partial charge in [0.05, 0.1) is 123 Å². The lowest BCUT2D eigenvalue weighted by Gasteiger charge is -2.30. The zero-order chi connectivity index (χ0) is 68.4. The molecular weight excluding hydrogens is 1220 g/mol. The van der Waals surface area contributed by atoms with E-state index in [2.05, 4.69) is 9.97 Å². The first-order valence-electron chi connectivity index (χ1n) is 36.2. The van der Waals surface area contributed by atoms with E-state index in [1.165, 1.54) is 0 Å². The van der Waals surface area contributed by atoms with Crippen molar-refractivity contribution < 1.29 is 76.3 Å². The monoisotopic (exact) mass is 1330 g/mol. The van der Waals surface area contributed by atoms with Crippen molar-refractivity contribution in [1.82, 2.24) is 19.9 Å². The van der Waals surface area contributed by atoms with Gasteiger partial charge in [-0.25, -0.2) is 9.97 Å². The highest BCUT2D eigenvalue weighted by molar-refractivity contribution is 6.02. The predicted molar refractivity (Wildman–Crippen MR) is 363 cm³/mol. The number of unbranched alkanes of at least 4 members (excludes halogenated alkanes) is 8. The van der Waals surface area contributed by atoms with Gasteiger partial charge in [0.2, 0.25) is 0 Å². The number of allylic oxidation sites excluding steroid dienone is 4. The molecule has 8 atom stereocenters. The fraction of sp³-hybridized carbons (Fsp3) is 0.632. The van der Waals surface area contributed by atoms with Crippen LogP contribution in [-0.4, -0.2) is 121 Å². The van der Waals surface area contributed by atoms with Crippen molar-refractivity contribution in [2.75, 3.05) is 52.9 Å². The number of ether oxygens (including phenoxy) is 8. The number of carbonyl (C=O) groups is 8. The maximum absolute atomic E-state index is 14.5. The molecule has 3 aromatic rings. The molecule has 4 aliphatic carbocycles. The Morgan fingerprint density at radius 1 is 0.281 bits per heavy atom. The summed E-state index contributed by atoms with van der Waals surface area (Å²) in [6.45, 7) is 17.5. The maximum atomic E-state index is 14.5. The second-order valence-electron chi connectivity index (χ2n) is 26.7. The van der Waals surface area contributed by atoms with Crippen LogP contribution >= 0.6 is 0 Å². The number of fused-ring (bicyclic) bond motifs is 18. The van der Waals surface area contributed by atoms with Crippen molar-refractivity contribution in [3.05, 3.63) is 69.3 Å². The topological polar surface area (TPSA) is 268 Å². The second kappa shape index (κ2) is 35.0. The van der Waals surface area contributed by atoms with Gasteiger partial charge < -0.3 is 47.9 Å². The molecule has 0 saturated carbocycles. The van der Waals surface area contributed by atoms with Crippen LogP contribution in [0.2, 0.25) is 0 Å². The van der Waals surface area contributed by atoms with Gasteiger partial charge in [-0.15, -0.1) is 0 Å². The van der Waals surface area contributed by atoms with Crippen LogP contribution in [-0.2, 0) is 102 Å². The van der Waals surface area contributed by atoms with Gasteiger partial charge in [-0.3, -0.25) is 38.4 Å². The molecule has 96 heavy (non-hydrogen) atoms. The van der Waals surface area contributed by atoms with Crippen LogP contribution in [0.15, 0.2) is 24.3 Å². The number of nitrogens with one attached hydrogen (secondary N) is 2. The molecule has 522 valence electrons. The van der Waals surface area contributed by atoms with Crippen LogP contribution in [0.3, 0.4) is 0 Å². The average molecular weight is 1330 g/mol. The zero-order valence-electron chi connectivity index (χ0n) is 58.0. The van der Waals surface area contributed by atoms with Crippen molar-refractivity contribution in [2.45, 2.75) is 209 Å². The number of nitrogens with zero attached hydrogens (tertiary/aromatic N) is 2. The van der Waals surface area contributed by atoms with Gasteiger partial charge in [0.25, 0.3) is 0 Å². The summed E-state index contributed by atoms with van der Waals surface area (Å²) in [5, 5.41) is 0. The van der Waals surface area contributed by atoms with Crippen molar-refractivity contribution in [3.63, 3.8) is 0 Å². The molecule has 2 aliphatic heterocycles. The van der Waals surface area contributed by atoms with Crippen LogP contribution in [0, 0.1) is 47.3 Å². The van der Waals surface area contributed by atoms with Gasteiger partial charge in [-0.05, 0) is 172 Å². The summed E-state index contributed by atoms with van der Waals surface area (Å²) in [6.07, 6.45) is 12.0. The normalized spacial score (nSPS) is 21.0. The Labute approximate surface area is 564 Å². The standard InChI is InChI=1S/C76H102N4O16/c1-9-17-25-89-69(81)53-33-45-46(34-54(53)70(82)90-26-18-10-2)62-42-64-49-37-57(73(85)93-29-21-13-5)58(74(86)94-30-22-14-6)38-50(49)66(79-64)44-68-52-40-60(76(88)96-32-24-16-8)59(75(87)95-31-23-15-7)39-51(52)67(80-68)43-65-48-36-56(72(84)92-28-20-12-4)55(71(83)91-27-19-11-3)35-47(48)63(78-65)41-61(45)77-62/h41-44,53-60,77-78H,9-40H2,1-8H3. The van der Waals surface area contributed by atoms with Crippen LogP contribution in [0.1, 0.15) is 229 Å². The van der Waals surface area contributed by atoms with E-state index < -0.39 is 95.1 Å². The molecule has 2 N–H and O–H groups in total. The molecule has 6 aliphatic rings. The van der Waals surface area contributed by atoms with Crippen molar-refractivity contribution in [1.29, 1.82) is 0 Å². The molecule has 9 rings (SSSR count). The number of carbonyl (C=O) groups excluding carboxylic acids is 8. The minimum atomic E-state index is -0.944. The Hall–Kier alpha value is -7.64. The fourth-order valence-corrected chi connectivity index (χ4v) is 14.0. The average Bonchev–Trinajstić information content (AvgIpc) is 1.58. The largest absolute Gasteiger partial charge is 0.465 e. The molecule has 0 amide bonds. The summed E-state index contributed by atoms with van der Waals surface area (Å²) in [7, 11) is 0. The molecule has 0 saturated heterocycles. The Balaban J connectivity index is 1.36. The molecule has 5 heterocycles. The van der Waals surface area contributed by atoms with E-state index in [9.17, 15) is 38.4 Å². The molecule has 8 unspecified atom stereocenters. The van der Waals surface area contributed by atoms with Gasteiger partial charge in [-0.2, -0.15) is 0 Å². The lowest BCUT2D eigenvalue weighted by molar-refractivity contribution is -0.161. The van der Waals surface area contributed by atoms with E-state index in [0.717, 1.165) is 73.6 Å². The minimum Gasteiger partial charge on any atom is -0.465 e. The number of aromatic nitrogens is 4. The molecule has 8 bridgehead atoms. The number of H-pyrrole nitrogens is 2. The van der Waals surface area contributed by atoms with Crippen molar-refractivity contribution >= 4 is 92.1 Å². The van der Waals surface area contributed by atoms with Crippen molar-refractivity contribution in [2.24, 2.45) is 47.3 Å².